The standard InChI is InChI=1S/C48H30O/c1-3-14-31(15-4-1)33-26-29-45-44(30-33)43-25-13-24-42(48(43)49-45)36-27-28-41(35-19-8-7-18-34(35)36)47-39-22-11-9-20-37(39)46(32-16-5-2-6-17-32)38-21-10-12-23-40(38)47/h1-30H/i1D,2D,3D,4D,5D,6D,9D,10D,11D,12D,13D,14D,15D,16D,17D,20D,21D,22D,23D,24D,25D,26D,29D,30D. The van der Waals surface area contributed by atoms with Gasteiger partial charge in [0.05, 0.1) is 32.9 Å². The van der Waals surface area contributed by atoms with Crippen LogP contribution >= 0.6 is 0 Å². The summed E-state index contributed by atoms with van der Waals surface area (Å²) in [6.45, 7) is 0. The van der Waals surface area contributed by atoms with Gasteiger partial charge in [-0.3, -0.25) is 0 Å². The Labute approximate surface area is 318 Å². The van der Waals surface area contributed by atoms with Crippen molar-refractivity contribution < 1.29 is 37.3 Å². The topological polar surface area (TPSA) is 13.1 Å². The molecule has 10 rings (SSSR count). The van der Waals surface area contributed by atoms with E-state index in [1.54, 1.807) is 24.3 Å². The van der Waals surface area contributed by atoms with Gasteiger partial charge in [-0.25, -0.2) is 0 Å². The van der Waals surface area contributed by atoms with Crippen LogP contribution in [-0.2, 0) is 0 Å². The normalized spacial score (nSPS) is 18.5. The van der Waals surface area contributed by atoms with E-state index in [2.05, 4.69) is 0 Å². The van der Waals surface area contributed by atoms with Crippen molar-refractivity contribution in [1.29, 1.82) is 0 Å². The van der Waals surface area contributed by atoms with E-state index < -0.39 is 184 Å². The SMILES string of the molecule is [2H]c1c([2H])c([2H])c(-c2c([2H])c([2H])c3oc4c(-c5ccc(-c6c7c([2H])c([2H])c([2H])c([2H])c7c(-c7c([2H])c([2H])c([2H])c([2H])c7[2H])c7c([2H])c([2H])c([2H])c([2H])c67)c6ccccc56)c([2H])c([2H])c([2H])c4c3c2[2H])c([2H])c1[2H]. The van der Waals surface area contributed by atoms with Gasteiger partial charge in [-0.1, -0.05) is 169 Å². The maximum Gasteiger partial charge on any atom is 0.143 e. The van der Waals surface area contributed by atoms with E-state index in [1.165, 1.54) is 12.1 Å². The van der Waals surface area contributed by atoms with Gasteiger partial charge >= 0.3 is 0 Å². The van der Waals surface area contributed by atoms with Gasteiger partial charge in [0.25, 0.3) is 0 Å². The Balaban J connectivity index is 1.38. The van der Waals surface area contributed by atoms with Crippen molar-refractivity contribution in [2.24, 2.45) is 0 Å². The Morgan fingerprint density at radius 2 is 0.898 bits per heavy atom. The van der Waals surface area contributed by atoms with Gasteiger partial charge < -0.3 is 4.42 Å². The molecule has 0 radical (unpaired) electrons. The van der Waals surface area contributed by atoms with Crippen molar-refractivity contribution in [2.75, 3.05) is 0 Å². The number of fused-ring (bicyclic) bond motifs is 6. The van der Waals surface area contributed by atoms with E-state index in [4.69, 9.17) is 29.1 Å². The van der Waals surface area contributed by atoms with Crippen molar-refractivity contribution in [3.63, 3.8) is 0 Å². The smallest absolute Gasteiger partial charge is 0.143 e. The van der Waals surface area contributed by atoms with Gasteiger partial charge in [0.2, 0.25) is 0 Å². The molecule has 49 heavy (non-hydrogen) atoms. The molecule has 0 aliphatic rings. The molecule has 0 amide bonds. The van der Waals surface area contributed by atoms with Gasteiger partial charge in [-0.15, -0.1) is 0 Å². The molecule has 0 bridgehead atoms. The van der Waals surface area contributed by atoms with Crippen molar-refractivity contribution in [2.45, 2.75) is 0 Å². The average Bonchev–Trinajstić information content (AvgIpc) is 3.78. The summed E-state index contributed by atoms with van der Waals surface area (Å²) in [5.74, 6) is 0. The minimum absolute atomic E-state index is 0.0802. The molecule has 1 nitrogen and oxygen atoms in total. The number of hydrogen-bond donors (Lipinski definition) is 0. The lowest BCUT2D eigenvalue weighted by molar-refractivity contribution is 0.670. The number of hydrogen-bond acceptors (Lipinski definition) is 1. The summed E-state index contributed by atoms with van der Waals surface area (Å²) in [6.07, 6.45) is 0. The highest BCUT2D eigenvalue weighted by atomic mass is 16.3. The minimum Gasteiger partial charge on any atom is -0.455 e. The predicted octanol–water partition coefficient (Wildman–Crippen LogP) is 13.7. The highest BCUT2D eigenvalue weighted by Gasteiger charge is 2.20. The number of para-hydroxylation sites is 1. The Bertz CT molecular complexity index is 4120. The second-order valence-electron chi connectivity index (χ2n) is 11.0. The van der Waals surface area contributed by atoms with E-state index >= 15 is 0 Å². The molecule has 0 spiro atoms. The molecular weight excluding hydrogens is 593 g/mol. The van der Waals surface area contributed by atoms with Crippen LogP contribution in [0.5, 0.6) is 0 Å². The van der Waals surface area contributed by atoms with E-state index in [-0.39, 0.29) is 60.2 Å². The number of furan rings is 1. The molecule has 0 atom stereocenters. The van der Waals surface area contributed by atoms with Crippen LogP contribution in [0, 0.1) is 0 Å². The third-order valence-corrected chi connectivity index (χ3v) is 8.40. The Morgan fingerprint density at radius 3 is 1.57 bits per heavy atom. The van der Waals surface area contributed by atoms with E-state index in [1.807, 2.05) is 0 Å². The van der Waals surface area contributed by atoms with Crippen LogP contribution < -0.4 is 0 Å². The molecular formula is C48H30O. The van der Waals surface area contributed by atoms with Gasteiger partial charge in [-0.05, 0) is 83.3 Å². The monoisotopic (exact) mass is 646 g/mol. The highest BCUT2D eigenvalue weighted by Crippen LogP contribution is 2.47. The summed E-state index contributed by atoms with van der Waals surface area (Å²) in [7, 11) is 0. The Morgan fingerprint density at radius 1 is 0.347 bits per heavy atom. The first kappa shape index (κ1) is 12.9. The molecule has 1 heteroatoms. The second-order valence-corrected chi connectivity index (χ2v) is 11.0. The number of rotatable bonds is 4. The van der Waals surface area contributed by atoms with Crippen molar-refractivity contribution in [1.82, 2.24) is 0 Å². The summed E-state index contributed by atoms with van der Waals surface area (Å²) < 4.78 is 219. The summed E-state index contributed by atoms with van der Waals surface area (Å²) >= 11 is 0. The first-order valence-electron chi connectivity index (χ1n) is 26.9. The lowest BCUT2D eigenvalue weighted by Crippen LogP contribution is -1.92. The molecule has 0 saturated carbocycles. The fraction of sp³-hybridized carbons (Fsp3) is 0. The molecule has 10 aromatic rings. The fourth-order valence-electron chi connectivity index (χ4n) is 6.37. The molecule has 0 N–H and O–H groups in total. The predicted molar refractivity (Wildman–Crippen MR) is 208 cm³/mol. The van der Waals surface area contributed by atoms with Gasteiger partial charge in [0.15, 0.2) is 0 Å². The van der Waals surface area contributed by atoms with E-state index in [0.717, 1.165) is 0 Å². The zero-order valence-corrected chi connectivity index (χ0v) is 24.9. The summed E-state index contributed by atoms with van der Waals surface area (Å²) in [6, 6.07) is -8.78. The summed E-state index contributed by atoms with van der Waals surface area (Å²) in [5.41, 5.74) is -3.05. The van der Waals surface area contributed by atoms with Crippen molar-refractivity contribution >= 4 is 54.3 Å². The van der Waals surface area contributed by atoms with E-state index in [0.29, 0.717) is 0 Å². The Hall–Kier alpha value is -6.44. The zero-order valence-electron chi connectivity index (χ0n) is 48.9. The molecule has 1 aromatic heterocycles. The third-order valence-electron chi connectivity index (χ3n) is 8.40. The zero-order chi connectivity index (χ0) is 53.2. The van der Waals surface area contributed by atoms with Crippen molar-refractivity contribution in [3.8, 4) is 44.5 Å². The average molecular weight is 647 g/mol. The van der Waals surface area contributed by atoms with Crippen LogP contribution in [0.4, 0.5) is 0 Å². The molecule has 0 fully saturated rings. The molecule has 0 unspecified atom stereocenters. The van der Waals surface area contributed by atoms with Gasteiger partial charge in [0, 0.05) is 16.3 Å². The molecule has 0 aliphatic heterocycles. The largest absolute Gasteiger partial charge is 0.455 e. The minimum atomic E-state index is -0.821. The lowest BCUT2D eigenvalue weighted by atomic mass is 9.84. The van der Waals surface area contributed by atoms with Crippen LogP contribution in [-0.4, -0.2) is 0 Å². The Kier molecular flexibility index (Phi) is 2.91. The molecule has 0 aliphatic carbocycles. The summed E-state index contributed by atoms with van der Waals surface area (Å²) in [5, 5.41) is -1.71. The fourth-order valence-corrected chi connectivity index (χ4v) is 6.37. The van der Waals surface area contributed by atoms with Crippen LogP contribution in [0.1, 0.15) is 32.9 Å². The van der Waals surface area contributed by atoms with Crippen LogP contribution in [0.2, 0.25) is 0 Å². The first-order valence-corrected chi connectivity index (χ1v) is 14.9. The lowest BCUT2D eigenvalue weighted by Gasteiger charge is -2.19. The highest BCUT2D eigenvalue weighted by molar-refractivity contribution is 6.24. The molecule has 1 heterocycles. The van der Waals surface area contributed by atoms with Crippen LogP contribution in [0.3, 0.4) is 0 Å². The van der Waals surface area contributed by atoms with E-state index in [9.17, 15) is 8.22 Å². The quantitative estimate of drug-likeness (QED) is 0.173. The van der Waals surface area contributed by atoms with Crippen molar-refractivity contribution in [3.05, 3.63) is 181 Å². The maximum atomic E-state index is 9.42. The first-order chi connectivity index (χ1) is 34.3. The number of benzene rings is 9. The molecule has 228 valence electrons. The molecule has 9 aromatic carbocycles. The van der Waals surface area contributed by atoms with Crippen LogP contribution in [0.25, 0.3) is 98.8 Å². The van der Waals surface area contributed by atoms with Gasteiger partial charge in [-0.2, -0.15) is 0 Å². The summed E-state index contributed by atoms with van der Waals surface area (Å²) in [4.78, 5) is 0. The van der Waals surface area contributed by atoms with Gasteiger partial charge in [0.1, 0.15) is 11.2 Å². The van der Waals surface area contributed by atoms with Crippen LogP contribution in [0.15, 0.2) is 186 Å². The molecule has 0 saturated heterocycles. The third kappa shape index (κ3) is 4.33. The maximum absolute atomic E-state index is 9.42. The second kappa shape index (κ2) is 11.1.